The van der Waals surface area contributed by atoms with Crippen LogP contribution < -0.4 is 5.32 Å². The van der Waals surface area contributed by atoms with Gasteiger partial charge in [0.15, 0.2) is 0 Å². The second-order valence-corrected chi connectivity index (χ2v) is 3.62. The lowest BCUT2D eigenvalue weighted by atomic mass is 10.3. The molecule has 0 saturated carbocycles. The van der Waals surface area contributed by atoms with E-state index in [0.717, 1.165) is 26.4 Å². The van der Waals surface area contributed by atoms with Crippen LogP contribution in [0.3, 0.4) is 0 Å². The lowest BCUT2D eigenvalue weighted by Crippen LogP contribution is -2.39. The van der Waals surface area contributed by atoms with E-state index in [2.05, 4.69) is 24.1 Å². The molecule has 1 rings (SSSR count). The summed E-state index contributed by atoms with van der Waals surface area (Å²) in [6.45, 7) is 9.48. The third kappa shape index (κ3) is 4.04. The van der Waals surface area contributed by atoms with Crippen molar-refractivity contribution in [1.29, 1.82) is 0 Å². The Morgan fingerprint density at radius 3 is 2.92 bits per heavy atom. The highest BCUT2D eigenvalue weighted by Crippen LogP contribution is 1.99. The van der Waals surface area contributed by atoms with Crippen molar-refractivity contribution >= 4 is 0 Å². The van der Waals surface area contributed by atoms with E-state index in [0.29, 0.717) is 6.04 Å². The van der Waals surface area contributed by atoms with E-state index in [4.69, 9.17) is 4.74 Å². The van der Waals surface area contributed by atoms with E-state index >= 15 is 0 Å². The SMILES string of the molecule is CC(C)NCCN1CCCOC1. The minimum absolute atomic E-state index is 0.593. The molecule has 3 heteroatoms. The first-order valence-electron chi connectivity index (χ1n) is 4.82. The summed E-state index contributed by atoms with van der Waals surface area (Å²) < 4.78 is 5.34. The maximum atomic E-state index is 5.34. The Bertz CT molecular complexity index is 111. The predicted octanol–water partition coefficient (Wildman–Crippen LogP) is 0.664. The molecule has 0 spiro atoms. The van der Waals surface area contributed by atoms with Crippen LogP contribution in [0.1, 0.15) is 20.3 Å². The van der Waals surface area contributed by atoms with Gasteiger partial charge in [0.1, 0.15) is 0 Å². The molecule has 0 amide bonds. The summed E-state index contributed by atoms with van der Waals surface area (Å²) in [4.78, 5) is 2.35. The molecule has 0 aromatic heterocycles. The second-order valence-electron chi connectivity index (χ2n) is 3.62. The Hall–Kier alpha value is -0.120. The van der Waals surface area contributed by atoms with Gasteiger partial charge >= 0.3 is 0 Å². The van der Waals surface area contributed by atoms with Gasteiger partial charge in [-0.2, -0.15) is 0 Å². The van der Waals surface area contributed by atoms with Crippen LogP contribution in [0, 0.1) is 0 Å². The van der Waals surface area contributed by atoms with Gasteiger partial charge < -0.3 is 10.1 Å². The molecule has 1 fully saturated rings. The normalized spacial score (nSPS) is 20.2. The minimum Gasteiger partial charge on any atom is -0.366 e. The van der Waals surface area contributed by atoms with Crippen molar-refractivity contribution in [2.75, 3.05) is 33.0 Å². The number of nitrogens with zero attached hydrogens (tertiary/aromatic N) is 1. The van der Waals surface area contributed by atoms with Crippen LogP contribution in [0.4, 0.5) is 0 Å². The minimum atomic E-state index is 0.593. The molecular weight excluding hydrogens is 152 g/mol. The first-order chi connectivity index (χ1) is 5.79. The van der Waals surface area contributed by atoms with Crippen molar-refractivity contribution in [2.45, 2.75) is 26.3 Å². The predicted molar refractivity (Wildman–Crippen MR) is 50.1 cm³/mol. The Morgan fingerprint density at radius 2 is 2.33 bits per heavy atom. The first kappa shape index (κ1) is 9.96. The smallest absolute Gasteiger partial charge is 0.0990 e. The average Bonchev–Trinajstić information content (AvgIpc) is 2.05. The molecule has 1 heterocycles. The van der Waals surface area contributed by atoms with Gasteiger partial charge in [-0.05, 0) is 6.42 Å². The van der Waals surface area contributed by atoms with E-state index < -0.39 is 0 Å². The molecule has 72 valence electrons. The average molecular weight is 172 g/mol. The molecule has 0 radical (unpaired) electrons. The fourth-order valence-corrected chi connectivity index (χ4v) is 1.34. The van der Waals surface area contributed by atoms with Crippen LogP contribution in [0.25, 0.3) is 0 Å². The van der Waals surface area contributed by atoms with Gasteiger partial charge in [-0.25, -0.2) is 0 Å². The van der Waals surface area contributed by atoms with E-state index in [1.807, 2.05) is 0 Å². The highest BCUT2D eigenvalue weighted by molar-refractivity contribution is 4.61. The van der Waals surface area contributed by atoms with Crippen LogP contribution in [-0.2, 0) is 4.74 Å². The van der Waals surface area contributed by atoms with Gasteiger partial charge in [0.25, 0.3) is 0 Å². The van der Waals surface area contributed by atoms with Crippen LogP contribution in [0.15, 0.2) is 0 Å². The molecule has 1 N–H and O–H groups in total. The summed E-state index contributed by atoms with van der Waals surface area (Å²) in [5, 5.41) is 3.40. The Labute approximate surface area is 75.1 Å². The van der Waals surface area contributed by atoms with E-state index in [1.165, 1.54) is 13.0 Å². The standard InChI is InChI=1S/C9H20N2O/c1-9(2)10-4-6-11-5-3-7-12-8-11/h9-10H,3-8H2,1-2H3. The summed E-state index contributed by atoms with van der Waals surface area (Å²) in [7, 11) is 0. The quantitative estimate of drug-likeness (QED) is 0.674. The molecule has 0 atom stereocenters. The zero-order valence-electron chi connectivity index (χ0n) is 8.18. The molecule has 1 aliphatic rings. The lowest BCUT2D eigenvalue weighted by molar-refractivity contribution is -0.0126. The summed E-state index contributed by atoms with van der Waals surface area (Å²) in [6.07, 6.45) is 1.18. The molecule has 12 heavy (non-hydrogen) atoms. The topological polar surface area (TPSA) is 24.5 Å². The highest BCUT2D eigenvalue weighted by Gasteiger charge is 2.08. The van der Waals surface area contributed by atoms with Crippen molar-refractivity contribution in [3.8, 4) is 0 Å². The van der Waals surface area contributed by atoms with Crippen molar-refractivity contribution in [3.63, 3.8) is 0 Å². The maximum Gasteiger partial charge on any atom is 0.0990 e. The molecule has 1 aliphatic heterocycles. The number of hydrogen-bond acceptors (Lipinski definition) is 3. The molecule has 0 aromatic rings. The Balaban J connectivity index is 1.98. The maximum absolute atomic E-state index is 5.34. The van der Waals surface area contributed by atoms with Crippen LogP contribution in [0.2, 0.25) is 0 Å². The Morgan fingerprint density at radius 1 is 1.50 bits per heavy atom. The first-order valence-corrected chi connectivity index (χ1v) is 4.82. The molecule has 0 bridgehead atoms. The van der Waals surface area contributed by atoms with E-state index in [-0.39, 0.29) is 0 Å². The monoisotopic (exact) mass is 172 g/mol. The molecule has 0 aliphatic carbocycles. The fraction of sp³-hybridized carbons (Fsp3) is 1.00. The fourth-order valence-electron chi connectivity index (χ4n) is 1.34. The summed E-state index contributed by atoms with van der Waals surface area (Å²) in [5.74, 6) is 0. The lowest BCUT2D eigenvalue weighted by Gasteiger charge is -2.26. The molecular formula is C9H20N2O. The zero-order valence-corrected chi connectivity index (χ0v) is 8.18. The zero-order chi connectivity index (χ0) is 8.81. The van der Waals surface area contributed by atoms with Gasteiger partial charge in [-0.15, -0.1) is 0 Å². The third-order valence-corrected chi connectivity index (χ3v) is 2.02. The van der Waals surface area contributed by atoms with Crippen LogP contribution in [-0.4, -0.2) is 43.9 Å². The van der Waals surface area contributed by atoms with Gasteiger partial charge in [-0.3, -0.25) is 4.90 Å². The van der Waals surface area contributed by atoms with Crippen molar-refractivity contribution in [1.82, 2.24) is 10.2 Å². The third-order valence-electron chi connectivity index (χ3n) is 2.02. The van der Waals surface area contributed by atoms with Crippen molar-refractivity contribution in [2.24, 2.45) is 0 Å². The number of ether oxygens (including phenoxy) is 1. The molecule has 0 aromatic carbocycles. The molecule has 3 nitrogen and oxygen atoms in total. The number of nitrogens with one attached hydrogen (secondary N) is 1. The van der Waals surface area contributed by atoms with Gasteiger partial charge in [0.05, 0.1) is 6.73 Å². The number of hydrogen-bond donors (Lipinski definition) is 1. The van der Waals surface area contributed by atoms with E-state index in [9.17, 15) is 0 Å². The summed E-state index contributed by atoms with van der Waals surface area (Å²) in [5.41, 5.74) is 0. The summed E-state index contributed by atoms with van der Waals surface area (Å²) in [6, 6.07) is 0.593. The Kier molecular flexibility index (Phi) is 4.58. The van der Waals surface area contributed by atoms with Gasteiger partial charge in [0, 0.05) is 32.3 Å². The van der Waals surface area contributed by atoms with Crippen LogP contribution >= 0.6 is 0 Å². The van der Waals surface area contributed by atoms with E-state index in [1.54, 1.807) is 0 Å². The number of rotatable bonds is 4. The molecule has 0 unspecified atom stereocenters. The van der Waals surface area contributed by atoms with Gasteiger partial charge in [-0.1, -0.05) is 13.8 Å². The largest absolute Gasteiger partial charge is 0.366 e. The van der Waals surface area contributed by atoms with Gasteiger partial charge in [0.2, 0.25) is 0 Å². The van der Waals surface area contributed by atoms with Crippen molar-refractivity contribution < 1.29 is 4.74 Å². The summed E-state index contributed by atoms with van der Waals surface area (Å²) >= 11 is 0. The highest BCUT2D eigenvalue weighted by atomic mass is 16.5. The molecule has 1 saturated heterocycles. The van der Waals surface area contributed by atoms with Crippen LogP contribution in [0.5, 0.6) is 0 Å². The van der Waals surface area contributed by atoms with Crippen molar-refractivity contribution in [3.05, 3.63) is 0 Å². The second kappa shape index (κ2) is 5.51.